The molecule has 0 aromatic heterocycles. The van der Waals surface area contributed by atoms with Gasteiger partial charge in [0.25, 0.3) is 0 Å². The molecule has 0 unspecified atom stereocenters. The topological polar surface area (TPSA) is 0 Å². The molecule has 0 spiro atoms. The second-order valence-electron chi connectivity index (χ2n) is 11.2. The van der Waals surface area contributed by atoms with E-state index in [9.17, 15) is 0 Å². The first-order valence-electron chi connectivity index (χ1n) is 12.2. The van der Waals surface area contributed by atoms with Crippen LogP contribution in [0.5, 0.6) is 0 Å². The molecule has 0 atom stereocenters. The number of rotatable bonds is 2. The molecule has 0 saturated carbocycles. The van der Waals surface area contributed by atoms with Crippen LogP contribution in [0.1, 0.15) is 47.1 Å². The van der Waals surface area contributed by atoms with E-state index in [0.29, 0.717) is 10.3 Å². The Morgan fingerprint density at radius 2 is 1.19 bits per heavy atom. The van der Waals surface area contributed by atoms with Gasteiger partial charge in [-0.3, -0.25) is 0 Å². The van der Waals surface area contributed by atoms with Crippen LogP contribution in [0.15, 0.2) is 97.1 Å². The van der Waals surface area contributed by atoms with Crippen LogP contribution in [0.3, 0.4) is 0 Å². The summed E-state index contributed by atoms with van der Waals surface area (Å²) in [5, 5.41) is 7.69. The fourth-order valence-electron chi connectivity index (χ4n) is 5.30. The van der Waals surface area contributed by atoms with E-state index in [0.717, 1.165) is 0 Å². The second-order valence-corrected chi connectivity index (χ2v) is 15.1. The average Bonchev–Trinajstić information content (AvgIpc) is 3.34. The summed E-state index contributed by atoms with van der Waals surface area (Å²) in [6.07, 6.45) is 0. The summed E-state index contributed by atoms with van der Waals surface area (Å²) in [7, 11) is -0.185. The van der Waals surface area contributed by atoms with Crippen molar-refractivity contribution in [3.63, 3.8) is 0 Å². The predicted molar refractivity (Wildman–Crippen MR) is 155 cm³/mol. The Labute approximate surface area is 256 Å². The fraction of sp³-hybridized carbons (Fsp3) is 0.273. The minimum Gasteiger partial charge on any atom is -1.00 e. The molecule has 5 aromatic rings. The van der Waals surface area contributed by atoms with Crippen LogP contribution in [0.2, 0.25) is 0 Å². The van der Waals surface area contributed by atoms with Gasteiger partial charge in [-0.2, -0.15) is 12.1 Å². The van der Waals surface area contributed by atoms with Crippen molar-refractivity contribution in [1.29, 1.82) is 0 Å². The molecule has 0 aliphatic rings. The molecule has 0 aliphatic carbocycles. The fourth-order valence-corrected chi connectivity index (χ4v) is 9.40. The third-order valence-electron chi connectivity index (χ3n) is 6.18. The van der Waals surface area contributed by atoms with Crippen molar-refractivity contribution in [2.24, 2.45) is 0 Å². The van der Waals surface area contributed by atoms with Gasteiger partial charge < -0.3 is 24.8 Å². The molecule has 0 fully saturated rings. The maximum Gasteiger partial charge on any atom is 4.00 e. The summed E-state index contributed by atoms with van der Waals surface area (Å²) in [5.41, 5.74) is 3.95. The molecule has 192 valence electrons. The number of benzene rings is 3. The molecule has 0 bridgehead atoms. The molecule has 0 saturated heterocycles. The molecular weight excluding hydrogens is 589 g/mol. The Morgan fingerprint density at radius 3 is 1.78 bits per heavy atom. The van der Waals surface area contributed by atoms with Crippen molar-refractivity contribution >= 4 is 34.8 Å². The first-order valence-corrected chi connectivity index (χ1v) is 13.6. The monoisotopic (exact) mass is 624 g/mol. The van der Waals surface area contributed by atoms with Crippen molar-refractivity contribution in [1.82, 2.24) is 0 Å². The predicted octanol–water partition coefficient (Wildman–Crippen LogP) is 3.80. The first kappa shape index (κ1) is 33.8. The Bertz CT molecular complexity index is 1340. The Morgan fingerprint density at radius 1 is 0.622 bits per heavy atom. The molecule has 37 heavy (non-hydrogen) atoms. The molecule has 5 rings (SSSR count). The van der Waals surface area contributed by atoms with Gasteiger partial charge in [-0.1, -0.05) is 104 Å². The van der Waals surface area contributed by atoms with Crippen molar-refractivity contribution in [3.8, 4) is 11.1 Å². The molecule has 5 aromatic carbocycles. The van der Waals surface area contributed by atoms with Crippen LogP contribution in [-0.4, -0.2) is 10.3 Å². The van der Waals surface area contributed by atoms with Gasteiger partial charge in [0.1, 0.15) is 0 Å². The second kappa shape index (κ2) is 13.7. The number of aryl methyl sites for hydroxylation is 1. The van der Waals surface area contributed by atoms with E-state index in [-0.39, 0.29) is 58.9 Å². The normalized spacial score (nSPS) is 11.2. The summed E-state index contributed by atoms with van der Waals surface area (Å²) >= 11 is 0. The standard InChI is InChI=1S/C17H24P.C16H13.2ClH.Zr/c1-16(2,3)18(17(4,5)6)15-11-13-9-7-8-10-14(13)12-15;1-12-10-14-8-5-9-15(16(14)11-12)13-6-3-2-4-7-13;;;/h7-12H,1-6H3;2-11H,1H3;2*1H;/q2*-1;;;+4/p-2. The van der Waals surface area contributed by atoms with Gasteiger partial charge in [-0.05, 0) is 15.9 Å². The van der Waals surface area contributed by atoms with Crippen LogP contribution in [0.4, 0.5) is 0 Å². The summed E-state index contributed by atoms with van der Waals surface area (Å²) < 4.78 is 0. The number of halogens is 2. The smallest absolute Gasteiger partial charge is 1.00 e. The average molecular weight is 627 g/mol. The third kappa shape index (κ3) is 8.13. The van der Waals surface area contributed by atoms with Crippen molar-refractivity contribution in [2.75, 3.05) is 0 Å². The van der Waals surface area contributed by atoms with Gasteiger partial charge in [0.2, 0.25) is 0 Å². The molecule has 0 heterocycles. The molecule has 0 N–H and O–H groups in total. The Balaban J connectivity index is 0.000000344. The SMILES string of the molecule is CC(C)(C)P(c1cc2ccccc2[cH-]1)C(C)(C)C.Cc1cc2c(-c3ccccc3)cccc2[cH-]1.[Cl-].[Cl-].[Zr+4]. The molecule has 4 heteroatoms. The van der Waals surface area contributed by atoms with Gasteiger partial charge in [0, 0.05) is 0 Å². The van der Waals surface area contributed by atoms with Crippen LogP contribution < -0.4 is 30.1 Å². The summed E-state index contributed by atoms with van der Waals surface area (Å²) in [6, 6.07) is 35.0. The van der Waals surface area contributed by atoms with E-state index in [1.807, 2.05) is 0 Å². The Hall–Kier alpha value is -1.23. The quantitative estimate of drug-likeness (QED) is 0.207. The maximum absolute atomic E-state index is 2.40. The zero-order chi connectivity index (χ0) is 24.5. The Kier molecular flexibility index (Phi) is 12.5. The molecule has 0 amide bonds. The maximum atomic E-state index is 2.40. The van der Waals surface area contributed by atoms with E-state index in [1.54, 1.807) is 5.30 Å². The van der Waals surface area contributed by atoms with Gasteiger partial charge in [-0.15, -0.1) is 74.9 Å². The van der Waals surface area contributed by atoms with Crippen molar-refractivity contribution in [2.45, 2.75) is 58.8 Å². The summed E-state index contributed by atoms with van der Waals surface area (Å²) in [4.78, 5) is 0. The molecule has 0 nitrogen and oxygen atoms in total. The molecule has 0 aliphatic heterocycles. The largest absolute Gasteiger partial charge is 4.00 e. The van der Waals surface area contributed by atoms with E-state index in [1.165, 1.54) is 38.2 Å². The number of hydrogen-bond donors (Lipinski definition) is 0. The van der Waals surface area contributed by atoms with E-state index in [4.69, 9.17) is 0 Å². The van der Waals surface area contributed by atoms with Gasteiger partial charge in [-0.25, -0.2) is 0 Å². The van der Waals surface area contributed by atoms with Gasteiger partial charge in [0.05, 0.1) is 0 Å². The van der Waals surface area contributed by atoms with Crippen LogP contribution in [0, 0.1) is 6.92 Å². The van der Waals surface area contributed by atoms with E-state index in [2.05, 4.69) is 146 Å². The minimum atomic E-state index is -0.185. The van der Waals surface area contributed by atoms with Crippen LogP contribution in [-0.2, 0) is 26.2 Å². The van der Waals surface area contributed by atoms with Crippen molar-refractivity contribution in [3.05, 3.63) is 103 Å². The number of hydrogen-bond acceptors (Lipinski definition) is 0. The van der Waals surface area contributed by atoms with E-state index >= 15 is 0 Å². The van der Waals surface area contributed by atoms with Crippen molar-refractivity contribution < 1.29 is 51.0 Å². The van der Waals surface area contributed by atoms with Gasteiger partial charge >= 0.3 is 26.2 Å². The van der Waals surface area contributed by atoms with E-state index < -0.39 is 0 Å². The zero-order valence-electron chi connectivity index (χ0n) is 22.9. The third-order valence-corrected chi connectivity index (χ3v) is 9.64. The number of fused-ring (bicyclic) bond motifs is 2. The van der Waals surface area contributed by atoms with Crippen LogP contribution >= 0.6 is 7.92 Å². The van der Waals surface area contributed by atoms with Crippen LogP contribution in [0.25, 0.3) is 32.7 Å². The summed E-state index contributed by atoms with van der Waals surface area (Å²) in [6.45, 7) is 16.4. The zero-order valence-corrected chi connectivity index (χ0v) is 27.8. The summed E-state index contributed by atoms with van der Waals surface area (Å²) in [5.74, 6) is 0. The molecular formula is C33H37Cl2PZr. The first-order chi connectivity index (χ1) is 16.0. The molecule has 0 radical (unpaired) electrons. The minimum absolute atomic E-state index is 0. The van der Waals surface area contributed by atoms with Gasteiger partial charge in [0.15, 0.2) is 0 Å².